The van der Waals surface area contributed by atoms with Crippen molar-refractivity contribution in [3.8, 4) is 11.5 Å². The summed E-state index contributed by atoms with van der Waals surface area (Å²) in [5, 5.41) is 16.2. The Morgan fingerprint density at radius 1 is 1.32 bits per heavy atom. The second-order valence-corrected chi connectivity index (χ2v) is 9.02. The minimum absolute atomic E-state index is 0.0977. The average Bonchev–Trinajstić information content (AvgIpc) is 3.32. The van der Waals surface area contributed by atoms with Gasteiger partial charge in [-0.2, -0.15) is 0 Å². The SMILES string of the molecule is COc1cc2c(cc1C(=O)NCC(O)CN1CCc3ccccc3C1)NC(=O)C1(CCOC1)O2. The lowest BCUT2D eigenvalue weighted by molar-refractivity contribution is -0.132. The maximum Gasteiger partial charge on any atom is 0.271 e. The lowest BCUT2D eigenvalue weighted by atomic mass is 9.99. The van der Waals surface area contributed by atoms with Crippen LogP contribution in [0, 0.1) is 0 Å². The van der Waals surface area contributed by atoms with E-state index in [0.717, 1.165) is 19.5 Å². The number of methoxy groups -OCH3 is 1. The van der Waals surface area contributed by atoms with Crippen LogP contribution in [-0.4, -0.2) is 73.5 Å². The first kappa shape index (κ1) is 22.6. The number of hydrogen-bond donors (Lipinski definition) is 3. The van der Waals surface area contributed by atoms with Gasteiger partial charge in [0.1, 0.15) is 11.5 Å². The fraction of sp³-hybridized carbons (Fsp3) is 0.440. The zero-order chi connectivity index (χ0) is 23.7. The number of nitrogens with one attached hydrogen (secondary N) is 2. The molecular formula is C25H29N3O6. The highest BCUT2D eigenvalue weighted by atomic mass is 16.6. The highest BCUT2D eigenvalue weighted by Crippen LogP contribution is 2.41. The Morgan fingerprint density at radius 2 is 2.15 bits per heavy atom. The van der Waals surface area contributed by atoms with Gasteiger partial charge in [-0.25, -0.2) is 0 Å². The van der Waals surface area contributed by atoms with Gasteiger partial charge in [-0.15, -0.1) is 0 Å². The second-order valence-electron chi connectivity index (χ2n) is 9.02. The van der Waals surface area contributed by atoms with Crippen LogP contribution in [0.25, 0.3) is 0 Å². The first-order valence-corrected chi connectivity index (χ1v) is 11.5. The van der Waals surface area contributed by atoms with Gasteiger partial charge in [-0.3, -0.25) is 14.5 Å². The number of carbonyl (C=O) groups excluding carboxylic acids is 2. The summed E-state index contributed by atoms with van der Waals surface area (Å²) in [5.41, 5.74) is 2.24. The summed E-state index contributed by atoms with van der Waals surface area (Å²) in [6.07, 6.45) is 0.689. The minimum atomic E-state index is -1.04. The van der Waals surface area contributed by atoms with Crippen LogP contribution in [-0.2, 0) is 22.5 Å². The predicted octanol–water partition coefficient (Wildman–Crippen LogP) is 1.33. The molecule has 180 valence electrons. The number of rotatable bonds is 6. The van der Waals surface area contributed by atoms with Crippen LogP contribution in [0.2, 0.25) is 0 Å². The molecule has 1 spiro atoms. The Labute approximate surface area is 198 Å². The number of β-amino-alcohol motifs (C(OH)–C–C–N with tert-alkyl or cyclic N) is 1. The normalized spacial score (nSPS) is 22.4. The molecule has 5 rings (SSSR count). The average molecular weight is 468 g/mol. The third-order valence-corrected chi connectivity index (χ3v) is 6.68. The number of carbonyl (C=O) groups is 2. The van der Waals surface area contributed by atoms with E-state index in [1.807, 2.05) is 12.1 Å². The molecular weight excluding hydrogens is 438 g/mol. The van der Waals surface area contributed by atoms with Crippen LogP contribution in [0.5, 0.6) is 11.5 Å². The quantitative estimate of drug-likeness (QED) is 0.588. The van der Waals surface area contributed by atoms with Crippen molar-refractivity contribution in [3.63, 3.8) is 0 Å². The molecule has 3 aliphatic heterocycles. The molecule has 3 heterocycles. The van der Waals surface area contributed by atoms with Gasteiger partial charge in [0.2, 0.25) is 5.60 Å². The molecule has 0 aliphatic carbocycles. The molecule has 3 aliphatic rings. The number of aliphatic hydroxyl groups is 1. The maximum atomic E-state index is 12.9. The third-order valence-electron chi connectivity index (χ3n) is 6.68. The second kappa shape index (κ2) is 9.25. The van der Waals surface area contributed by atoms with E-state index in [1.54, 1.807) is 6.07 Å². The van der Waals surface area contributed by atoms with Crippen LogP contribution in [0.3, 0.4) is 0 Å². The Bertz CT molecular complexity index is 1100. The van der Waals surface area contributed by atoms with Gasteiger partial charge in [-0.05, 0) is 23.6 Å². The summed E-state index contributed by atoms with van der Waals surface area (Å²) < 4.78 is 16.8. The van der Waals surface area contributed by atoms with Gasteiger partial charge in [0.05, 0.1) is 37.7 Å². The number of hydrogen-bond acceptors (Lipinski definition) is 7. The molecule has 0 bridgehead atoms. The monoisotopic (exact) mass is 467 g/mol. The van der Waals surface area contributed by atoms with Crippen molar-refractivity contribution >= 4 is 17.5 Å². The minimum Gasteiger partial charge on any atom is -0.496 e. The van der Waals surface area contributed by atoms with E-state index < -0.39 is 17.6 Å². The first-order valence-electron chi connectivity index (χ1n) is 11.5. The molecule has 1 saturated heterocycles. The Kier molecular flexibility index (Phi) is 6.16. The van der Waals surface area contributed by atoms with Crippen LogP contribution >= 0.6 is 0 Å². The Morgan fingerprint density at radius 3 is 2.91 bits per heavy atom. The topological polar surface area (TPSA) is 109 Å². The molecule has 0 radical (unpaired) electrons. The van der Waals surface area contributed by atoms with Gasteiger partial charge in [0, 0.05) is 38.7 Å². The summed E-state index contributed by atoms with van der Waals surface area (Å²) in [5.74, 6) is 0.0708. The Balaban J connectivity index is 1.22. The molecule has 2 atom stereocenters. The number of nitrogens with zero attached hydrogens (tertiary/aromatic N) is 1. The van der Waals surface area contributed by atoms with Crippen molar-refractivity contribution < 1.29 is 28.9 Å². The molecule has 9 nitrogen and oxygen atoms in total. The molecule has 2 aromatic rings. The fourth-order valence-corrected chi connectivity index (χ4v) is 4.77. The molecule has 9 heteroatoms. The van der Waals surface area contributed by atoms with Crippen LogP contribution in [0.15, 0.2) is 36.4 Å². The fourth-order valence-electron chi connectivity index (χ4n) is 4.77. The van der Waals surface area contributed by atoms with Crippen molar-refractivity contribution in [2.75, 3.05) is 45.3 Å². The smallest absolute Gasteiger partial charge is 0.271 e. The highest BCUT2D eigenvalue weighted by molar-refractivity contribution is 6.04. The number of aliphatic hydroxyl groups excluding tert-OH is 1. The van der Waals surface area contributed by atoms with E-state index >= 15 is 0 Å². The lowest BCUT2D eigenvalue weighted by Gasteiger charge is -2.33. The predicted molar refractivity (Wildman–Crippen MR) is 124 cm³/mol. The summed E-state index contributed by atoms with van der Waals surface area (Å²) in [4.78, 5) is 27.7. The van der Waals surface area contributed by atoms with E-state index in [0.29, 0.717) is 36.8 Å². The summed E-state index contributed by atoms with van der Waals surface area (Å²) in [7, 11) is 1.47. The summed E-state index contributed by atoms with van der Waals surface area (Å²) in [6.45, 7) is 2.85. The van der Waals surface area contributed by atoms with E-state index in [1.165, 1.54) is 24.3 Å². The van der Waals surface area contributed by atoms with E-state index in [2.05, 4.69) is 27.7 Å². The molecule has 34 heavy (non-hydrogen) atoms. The van der Waals surface area contributed by atoms with Gasteiger partial charge < -0.3 is 30.0 Å². The van der Waals surface area contributed by atoms with Gasteiger partial charge in [-0.1, -0.05) is 24.3 Å². The standard InChI is InChI=1S/C25H29N3O6/c1-32-21-11-22-20(27-24(31)25(34-22)7-9-33-15-25)10-19(21)23(30)26-12-18(29)14-28-8-6-16-4-2-3-5-17(16)13-28/h2-5,10-11,18,29H,6-9,12-15H2,1H3,(H,26,30)(H,27,31). The van der Waals surface area contributed by atoms with Crippen molar-refractivity contribution in [2.45, 2.75) is 31.1 Å². The molecule has 2 unspecified atom stereocenters. The summed E-state index contributed by atoms with van der Waals surface area (Å²) >= 11 is 0. The number of amides is 2. The highest BCUT2D eigenvalue weighted by Gasteiger charge is 2.48. The number of anilines is 1. The largest absolute Gasteiger partial charge is 0.496 e. The lowest BCUT2D eigenvalue weighted by Crippen LogP contribution is -2.51. The molecule has 0 aromatic heterocycles. The van der Waals surface area contributed by atoms with Crippen LogP contribution in [0.4, 0.5) is 5.69 Å². The van der Waals surface area contributed by atoms with Crippen molar-refractivity contribution in [2.24, 2.45) is 0 Å². The number of ether oxygens (including phenoxy) is 3. The van der Waals surface area contributed by atoms with Gasteiger partial charge in [0.15, 0.2) is 0 Å². The first-order chi connectivity index (χ1) is 16.5. The number of fused-ring (bicyclic) bond motifs is 2. The third kappa shape index (κ3) is 4.34. The Hall–Kier alpha value is -3.14. The van der Waals surface area contributed by atoms with Crippen LogP contribution in [0.1, 0.15) is 27.9 Å². The molecule has 2 aromatic carbocycles. The molecule has 0 saturated carbocycles. The van der Waals surface area contributed by atoms with Crippen molar-refractivity contribution in [1.82, 2.24) is 10.2 Å². The maximum absolute atomic E-state index is 12.9. The van der Waals surface area contributed by atoms with Gasteiger partial charge >= 0.3 is 0 Å². The van der Waals surface area contributed by atoms with E-state index in [-0.39, 0.29) is 24.6 Å². The van der Waals surface area contributed by atoms with E-state index in [9.17, 15) is 14.7 Å². The zero-order valence-electron chi connectivity index (χ0n) is 19.1. The molecule has 3 N–H and O–H groups in total. The van der Waals surface area contributed by atoms with Crippen molar-refractivity contribution in [1.29, 1.82) is 0 Å². The molecule has 1 fully saturated rings. The number of benzene rings is 2. The van der Waals surface area contributed by atoms with Crippen LogP contribution < -0.4 is 20.1 Å². The summed E-state index contributed by atoms with van der Waals surface area (Å²) in [6, 6.07) is 11.5. The van der Waals surface area contributed by atoms with Gasteiger partial charge in [0.25, 0.3) is 11.8 Å². The van der Waals surface area contributed by atoms with E-state index in [4.69, 9.17) is 14.2 Å². The zero-order valence-corrected chi connectivity index (χ0v) is 19.1. The molecule has 2 amide bonds. The van der Waals surface area contributed by atoms with Crippen molar-refractivity contribution in [3.05, 3.63) is 53.1 Å².